The maximum absolute atomic E-state index is 12.6. The molecule has 0 unspecified atom stereocenters. The molecule has 0 saturated heterocycles. The minimum atomic E-state index is -3.94. The molecule has 2 aromatic heterocycles. The second-order valence-corrected chi connectivity index (χ2v) is 7.25. The lowest BCUT2D eigenvalue weighted by atomic mass is 10.2. The second kappa shape index (κ2) is 6.21. The smallest absolute Gasteiger partial charge is 0.281 e. The fraction of sp³-hybridized carbons (Fsp3) is 0.133. The summed E-state index contributed by atoms with van der Waals surface area (Å²) in [5.41, 5.74) is 0.680. The average Bonchev–Trinajstić information content (AvgIpc) is 2.57. The number of halogens is 1. The van der Waals surface area contributed by atoms with Gasteiger partial charge < -0.3 is 4.90 Å². The lowest BCUT2D eigenvalue weighted by Crippen LogP contribution is -2.17. The van der Waals surface area contributed by atoms with Gasteiger partial charge in [-0.05, 0) is 12.1 Å². The molecular formula is C15H14ClN5O2S. The van der Waals surface area contributed by atoms with Crippen molar-refractivity contribution in [2.75, 3.05) is 23.7 Å². The number of anilines is 2. The summed E-state index contributed by atoms with van der Waals surface area (Å²) >= 11 is 6.15. The third-order valence-corrected chi connectivity index (χ3v) is 4.86. The highest BCUT2D eigenvalue weighted by Gasteiger charge is 2.20. The van der Waals surface area contributed by atoms with Gasteiger partial charge in [-0.3, -0.25) is 9.71 Å². The van der Waals surface area contributed by atoms with E-state index in [1.807, 2.05) is 6.07 Å². The number of hydrogen-bond donors (Lipinski definition) is 1. The first-order valence-corrected chi connectivity index (χ1v) is 8.80. The molecule has 0 fully saturated rings. The number of fused-ring (bicyclic) bond motifs is 1. The van der Waals surface area contributed by atoms with Crippen LogP contribution in [0.25, 0.3) is 10.9 Å². The van der Waals surface area contributed by atoms with Crippen molar-refractivity contribution >= 4 is 44.0 Å². The van der Waals surface area contributed by atoms with Gasteiger partial charge in [-0.25, -0.2) is 9.97 Å². The van der Waals surface area contributed by atoms with Crippen LogP contribution < -0.4 is 9.62 Å². The van der Waals surface area contributed by atoms with Gasteiger partial charge in [0.05, 0.1) is 28.6 Å². The van der Waals surface area contributed by atoms with E-state index >= 15 is 0 Å². The number of hydrogen-bond acceptors (Lipinski definition) is 6. The van der Waals surface area contributed by atoms with E-state index in [0.29, 0.717) is 11.3 Å². The quantitative estimate of drug-likeness (QED) is 0.766. The first-order chi connectivity index (χ1) is 11.4. The van der Waals surface area contributed by atoms with Crippen LogP contribution in [0.2, 0.25) is 5.02 Å². The Kier molecular flexibility index (Phi) is 4.25. The Hall–Kier alpha value is -2.45. The highest BCUT2D eigenvalue weighted by atomic mass is 35.5. The van der Waals surface area contributed by atoms with E-state index < -0.39 is 10.0 Å². The normalized spacial score (nSPS) is 11.5. The minimum absolute atomic E-state index is 0.197. The van der Waals surface area contributed by atoms with Crippen molar-refractivity contribution in [1.29, 1.82) is 0 Å². The molecule has 3 aromatic rings. The molecule has 1 N–H and O–H groups in total. The van der Waals surface area contributed by atoms with Crippen molar-refractivity contribution in [3.8, 4) is 0 Å². The van der Waals surface area contributed by atoms with Crippen LogP contribution in [0.3, 0.4) is 0 Å². The lowest BCUT2D eigenvalue weighted by Gasteiger charge is -2.13. The fourth-order valence-electron chi connectivity index (χ4n) is 2.08. The molecule has 0 aliphatic heterocycles. The third-order valence-electron chi connectivity index (χ3n) is 3.31. The Balaban J connectivity index is 2.02. The molecule has 124 valence electrons. The van der Waals surface area contributed by atoms with Crippen molar-refractivity contribution in [1.82, 2.24) is 15.0 Å². The topological polar surface area (TPSA) is 88.1 Å². The molecule has 0 aliphatic rings. The number of rotatable bonds is 4. The third kappa shape index (κ3) is 3.10. The lowest BCUT2D eigenvalue weighted by molar-refractivity contribution is 0.597. The van der Waals surface area contributed by atoms with Crippen molar-refractivity contribution in [3.63, 3.8) is 0 Å². The van der Waals surface area contributed by atoms with E-state index in [1.54, 1.807) is 43.4 Å². The van der Waals surface area contributed by atoms with E-state index in [2.05, 4.69) is 19.7 Å². The van der Waals surface area contributed by atoms with Gasteiger partial charge in [0.15, 0.2) is 5.03 Å². The first kappa shape index (κ1) is 16.4. The van der Waals surface area contributed by atoms with E-state index in [0.717, 1.165) is 5.39 Å². The maximum Gasteiger partial charge on any atom is 0.281 e. The molecule has 7 nitrogen and oxygen atoms in total. The number of sulfonamides is 1. The zero-order valence-corrected chi connectivity index (χ0v) is 14.5. The molecule has 2 heterocycles. The highest BCUT2D eigenvalue weighted by Crippen LogP contribution is 2.31. The molecular weight excluding hydrogens is 350 g/mol. The molecule has 0 spiro atoms. The minimum Gasteiger partial charge on any atom is -0.361 e. The van der Waals surface area contributed by atoms with Crippen molar-refractivity contribution in [2.24, 2.45) is 0 Å². The Morgan fingerprint density at radius 3 is 2.54 bits per heavy atom. The van der Waals surface area contributed by atoms with E-state index in [9.17, 15) is 8.42 Å². The molecule has 0 aliphatic carbocycles. The van der Waals surface area contributed by atoms with Crippen LogP contribution in [0.4, 0.5) is 11.5 Å². The number of aromatic nitrogens is 3. The number of pyridine rings is 1. The maximum atomic E-state index is 12.6. The Morgan fingerprint density at radius 2 is 1.88 bits per heavy atom. The molecule has 9 heteroatoms. The van der Waals surface area contributed by atoms with Crippen LogP contribution in [-0.4, -0.2) is 37.5 Å². The summed E-state index contributed by atoms with van der Waals surface area (Å²) in [6.07, 6.45) is 4.16. The molecule has 0 atom stereocenters. The number of benzene rings is 1. The molecule has 24 heavy (non-hydrogen) atoms. The van der Waals surface area contributed by atoms with E-state index in [4.69, 9.17) is 11.6 Å². The van der Waals surface area contributed by atoms with Crippen LogP contribution in [-0.2, 0) is 10.0 Å². The van der Waals surface area contributed by atoms with Crippen molar-refractivity contribution < 1.29 is 8.42 Å². The second-order valence-electron chi connectivity index (χ2n) is 5.21. The summed E-state index contributed by atoms with van der Waals surface area (Å²) in [4.78, 5) is 14.0. The van der Waals surface area contributed by atoms with Crippen molar-refractivity contribution in [2.45, 2.75) is 5.03 Å². The standard InChI is InChI=1S/C15H14ClN5O2S/c1-21(2)12-8-19-13(9-18-12)24(22,23)20-15-11(16)6-5-10-4-3-7-17-14(10)15/h3-9,20H,1-2H3. The van der Waals surface area contributed by atoms with Gasteiger partial charge in [-0.1, -0.05) is 23.7 Å². The van der Waals surface area contributed by atoms with Gasteiger partial charge in [0, 0.05) is 25.7 Å². The number of nitrogens with one attached hydrogen (secondary N) is 1. The van der Waals surface area contributed by atoms with Gasteiger partial charge >= 0.3 is 0 Å². The van der Waals surface area contributed by atoms with Gasteiger partial charge in [0.2, 0.25) is 0 Å². The zero-order valence-electron chi connectivity index (χ0n) is 12.9. The molecule has 0 bridgehead atoms. The predicted molar refractivity (Wildman–Crippen MR) is 93.9 cm³/mol. The average molecular weight is 364 g/mol. The van der Waals surface area contributed by atoms with Crippen LogP contribution in [0.5, 0.6) is 0 Å². The van der Waals surface area contributed by atoms with E-state index in [-0.39, 0.29) is 15.7 Å². The largest absolute Gasteiger partial charge is 0.361 e. The summed E-state index contributed by atoms with van der Waals surface area (Å²) < 4.78 is 27.6. The van der Waals surface area contributed by atoms with Crippen LogP contribution in [0.1, 0.15) is 0 Å². The predicted octanol–water partition coefficient (Wildman–Crippen LogP) is 2.55. The first-order valence-electron chi connectivity index (χ1n) is 6.94. The SMILES string of the molecule is CN(C)c1cnc(S(=O)(=O)Nc2c(Cl)ccc3cccnc23)cn1. The fourth-order valence-corrected chi connectivity index (χ4v) is 3.30. The Morgan fingerprint density at radius 1 is 1.08 bits per heavy atom. The zero-order chi connectivity index (χ0) is 17.3. The van der Waals surface area contributed by atoms with Crippen LogP contribution in [0, 0.1) is 0 Å². The monoisotopic (exact) mass is 363 g/mol. The summed E-state index contributed by atoms with van der Waals surface area (Å²) in [5.74, 6) is 0.554. The van der Waals surface area contributed by atoms with Gasteiger partial charge in [0.1, 0.15) is 5.82 Å². The van der Waals surface area contributed by atoms with Gasteiger partial charge in [-0.2, -0.15) is 8.42 Å². The summed E-state index contributed by atoms with van der Waals surface area (Å²) in [6, 6.07) is 6.97. The molecule has 1 aromatic carbocycles. The van der Waals surface area contributed by atoms with Gasteiger partial charge in [-0.15, -0.1) is 0 Å². The molecule has 3 rings (SSSR count). The molecule has 0 radical (unpaired) electrons. The molecule has 0 saturated carbocycles. The Bertz CT molecular complexity index is 990. The van der Waals surface area contributed by atoms with Crippen LogP contribution >= 0.6 is 11.6 Å². The summed E-state index contributed by atoms with van der Waals surface area (Å²) in [6.45, 7) is 0. The van der Waals surface area contributed by atoms with Crippen molar-refractivity contribution in [3.05, 3.63) is 47.9 Å². The summed E-state index contributed by atoms with van der Waals surface area (Å²) in [7, 11) is -0.357. The number of nitrogens with zero attached hydrogens (tertiary/aromatic N) is 4. The Labute approximate surface area is 144 Å². The van der Waals surface area contributed by atoms with Crippen LogP contribution in [0.15, 0.2) is 47.9 Å². The highest BCUT2D eigenvalue weighted by molar-refractivity contribution is 7.92. The van der Waals surface area contributed by atoms with Gasteiger partial charge in [0.25, 0.3) is 10.0 Å². The molecule has 0 amide bonds. The van der Waals surface area contributed by atoms with E-state index in [1.165, 1.54) is 12.4 Å². The summed E-state index contributed by atoms with van der Waals surface area (Å²) in [5, 5.41) is 0.827.